The number of carbonyl (C=O) groups excluding carboxylic acids is 1. The lowest BCUT2D eigenvalue weighted by Gasteiger charge is -2.20. The molecule has 1 aliphatic heterocycles. The van der Waals surface area contributed by atoms with Gasteiger partial charge in [-0.15, -0.1) is 0 Å². The van der Waals surface area contributed by atoms with Crippen molar-refractivity contribution in [1.82, 2.24) is 5.16 Å². The van der Waals surface area contributed by atoms with Gasteiger partial charge in [-0.2, -0.15) is 0 Å². The van der Waals surface area contributed by atoms with Crippen molar-refractivity contribution in [2.75, 3.05) is 12.4 Å². The Bertz CT molecular complexity index is 797. The quantitative estimate of drug-likeness (QED) is 0.764. The highest BCUT2D eigenvalue weighted by atomic mass is 79.9. The number of fused-ring (bicyclic) bond motifs is 1. The molecule has 1 aromatic carbocycles. The molecule has 0 bridgehead atoms. The van der Waals surface area contributed by atoms with E-state index in [9.17, 15) is 9.00 Å². The minimum atomic E-state index is -1.17. The molecule has 0 saturated heterocycles. The Morgan fingerprint density at radius 3 is 2.91 bits per heavy atom. The molecule has 4 rings (SSSR count). The Balaban J connectivity index is 1.82. The van der Waals surface area contributed by atoms with Crippen LogP contribution in [-0.2, 0) is 10.8 Å². The standard InChI is InChI=1S/C15H12BrNO4S/c16-11-4-3-9(14-15(11)22(19)6-5-20-14)12(18)10-7-17-21-13(10)8-1-2-8/h3-4,7-8H,1-2,5-6H2. The van der Waals surface area contributed by atoms with Gasteiger partial charge < -0.3 is 9.26 Å². The van der Waals surface area contributed by atoms with E-state index in [4.69, 9.17) is 9.26 Å². The van der Waals surface area contributed by atoms with Crippen LogP contribution in [0.2, 0.25) is 0 Å². The van der Waals surface area contributed by atoms with E-state index in [2.05, 4.69) is 21.1 Å². The summed E-state index contributed by atoms with van der Waals surface area (Å²) in [5.41, 5.74) is 0.892. The maximum atomic E-state index is 12.9. The fourth-order valence-corrected chi connectivity index (χ4v) is 4.55. The summed E-state index contributed by atoms with van der Waals surface area (Å²) in [7, 11) is -1.17. The Morgan fingerprint density at radius 2 is 2.14 bits per heavy atom. The number of aromatic nitrogens is 1. The fourth-order valence-electron chi connectivity index (χ4n) is 2.60. The molecule has 0 spiro atoms. The number of benzene rings is 1. The van der Waals surface area contributed by atoms with Crippen LogP contribution in [0, 0.1) is 0 Å². The number of halogens is 1. The summed E-state index contributed by atoms with van der Waals surface area (Å²) in [4.78, 5) is 13.4. The number of ketones is 1. The van der Waals surface area contributed by atoms with E-state index in [1.807, 2.05) is 0 Å². The molecule has 0 N–H and O–H groups in total. The van der Waals surface area contributed by atoms with E-state index in [0.717, 1.165) is 12.8 Å². The van der Waals surface area contributed by atoms with Gasteiger partial charge in [-0.1, -0.05) is 5.16 Å². The summed E-state index contributed by atoms with van der Waals surface area (Å²) in [6.07, 6.45) is 3.51. The molecule has 1 aromatic heterocycles. The van der Waals surface area contributed by atoms with Crippen LogP contribution >= 0.6 is 15.9 Å². The lowest BCUT2D eigenvalue weighted by molar-refractivity contribution is 0.103. The first-order chi connectivity index (χ1) is 10.7. The van der Waals surface area contributed by atoms with Crippen molar-refractivity contribution in [3.8, 4) is 5.75 Å². The third kappa shape index (κ3) is 2.23. The summed E-state index contributed by atoms with van der Waals surface area (Å²) >= 11 is 3.39. The SMILES string of the molecule is O=C(c1cnoc1C1CC1)c1ccc(Br)c2c1OCCS2=O. The predicted molar refractivity (Wildman–Crippen MR) is 82.8 cm³/mol. The highest BCUT2D eigenvalue weighted by Gasteiger charge is 2.34. The smallest absolute Gasteiger partial charge is 0.202 e. The minimum absolute atomic E-state index is 0.189. The minimum Gasteiger partial charge on any atom is -0.491 e. The van der Waals surface area contributed by atoms with E-state index in [1.54, 1.807) is 12.1 Å². The third-order valence-corrected chi connectivity index (χ3v) is 6.16. The monoisotopic (exact) mass is 381 g/mol. The van der Waals surface area contributed by atoms with Crippen molar-refractivity contribution < 1.29 is 18.3 Å². The molecule has 1 aliphatic carbocycles. The molecule has 1 saturated carbocycles. The third-order valence-electron chi connectivity index (χ3n) is 3.84. The fraction of sp³-hybridized carbons (Fsp3) is 0.333. The zero-order valence-corrected chi connectivity index (χ0v) is 13.9. The van der Waals surface area contributed by atoms with Crippen LogP contribution in [-0.4, -0.2) is 27.5 Å². The van der Waals surface area contributed by atoms with E-state index in [0.29, 0.717) is 50.3 Å². The molecule has 1 atom stereocenters. The zero-order chi connectivity index (χ0) is 15.3. The number of hydrogen-bond donors (Lipinski definition) is 0. The molecule has 2 aliphatic rings. The molecule has 5 nitrogen and oxygen atoms in total. The second kappa shape index (κ2) is 5.31. The molecule has 22 heavy (non-hydrogen) atoms. The Hall–Kier alpha value is -1.47. The normalized spacial score (nSPS) is 20.3. The average Bonchev–Trinajstić information content (AvgIpc) is 3.24. The highest BCUT2D eigenvalue weighted by molar-refractivity contribution is 9.10. The zero-order valence-electron chi connectivity index (χ0n) is 11.5. The summed E-state index contributed by atoms with van der Waals surface area (Å²) in [6, 6.07) is 3.43. The lowest BCUT2D eigenvalue weighted by Crippen LogP contribution is -2.19. The van der Waals surface area contributed by atoms with Crippen molar-refractivity contribution in [2.45, 2.75) is 23.7 Å². The summed E-state index contributed by atoms with van der Waals surface area (Å²) < 4.78 is 23.8. The molecule has 114 valence electrons. The van der Waals surface area contributed by atoms with E-state index in [-0.39, 0.29) is 5.78 Å². The Morgan fingerprint density at radius 1 is 1.32 bits per heavy atom. The average molecular weight is 382 g/mol. The molecular formula is C15H12BrNO4S. The van der Waals surface area contributed by atoms with Crippen molar-refractivity contribution in [3.63, 3.8) is 0 Å². The predicted octanol–water partition coefficient (Wildman–Crippen LogP) is 3.05. The van der Waals surface area contributed by atoms with Gasteiger partial charge in [-0.25, -0.2) is 0 Å². The van der Waals surface area contributed by atoms with Crippen LogP contribution in [0.1, 0.15) is 40.4 Å². The first-order valence-corrected chi connectivity index (χ1v) is 9.11. The molecule has 7 heteroatoms. The first-order valence-electron chi connectivity index (χ1n) is 6.99. The van der Waals surface area contributed by atoms with E-state index < -0.39 is 10.8 Å². The highest BCUT2D eigenvalue weighted by Crippen LogP contribution is 2.43. The molecule has 1 fully saturated rings. The van der Waals surface area contributed by atoms with Crippen LogP contribution in [0.4, 0.5) is 0 Å². The van der Waals surface area contributed by atoms with Gasteiger partial charge in [0.05, 0.1) is 38.8 Å². The second-order valence-electron chi connectivity index (χ2n) is 5.36. The topological polar surface area (TPSA) is 69.4 Å². The molecule has 0 radical (unpaired) electrons. The van der Waals surface area contributed by atoms with Crippen LogP contribution in [0.25, 0.3) is 0 Å². The Labute approximate surface area is 137 Å². The molecule has 2 aromatic rings. The number of rotatable bonds is 3. The van der Waals surface area contributed by atoms with Crippen molar-refractivity contribution in [2.24, 2.45) is 0 Å². The maximum Gasteiger partial charge on any atom is 0.202 e. The van der Waals surface area contributed by atoms with Gasteiger partial charge in [0.25, 0.3) is 0 Å². The van der Waals surface area contributed by atoms with Gasteiger partial charge in [0.15, 0.2) is 5.76 Å². The van der Waals surface area contributed by atoms with Crippen molar-refractivity contribution >= 4 is 32.5 Å². The summed E-state index contributed by atoms with van der Waals surface area (Å²) in [6.45, 7) is 0.343. The number of ether oxygens (including phenoxy) is 1. The van der Waals surface area contributed by atoms with E-state index >= 15 is 0 Å². The number of carbonyl (C=O) groups is 1. The van der Waals surface area contributed by atoms with Gasteiger partial charge in [-0.05, 0) is 40.9 Å². The van der Waals surface area contributed by atoms with Gasteiger partial charge in [0.1, 0.15) is 12.4 Å². The van der Waals surface area contributed by atoms with Gasteiger partial charge in [0.2, 0.25) is 5.78 Å². The van der Waals surface area contributed by atoms with E-state index in [1.165, 1.54) is 6.20 Å². The number of nitrogens with zero attached hydrogens (tertiary/aromatic N) is 1. The second-order valence-corrected chi connectivity index (χ2v) is 7.72. The van der Waals surface area contributed by atoms with Crippen molar-refractivity contribution in [3.05, 3.63) is 39.7 Å². The Kier molecular flexibility index (Phi) is 3.41. The van der Waals surface area contributed by atoms with Gasteiger partial charge >= 0.3 is 0 Å². The summed E-state index contributed by atoms with van der Waals surface area (Å²) in [5.74, 6) is 1.60. The summed E-state index contributed by atoms with van der Waals surface area (Å²) in [5, 5.41) is 3.77. The van der Waals surface area contributed by atoms with Crippen LogP contribution in [0.15, 0.2) is 32.2 Å². The molecule has 0 amide bonds. The van der Waals surface area contributed by atoms with Crippen LogP contribution in [0.5, 0.6) is 5.75 Å². The first kappa shape index (κ1) is 14.1. The molecular weight excluding hydrogens is 370 g/mol. The van der Waals surface area contributed by atoms with Gasteiger partial charge in [0, 0.05) is 10.4 Å². The largest absolute Gasteiger partial charge is 0.491 e. The number of hydrogen-bond acceptors (Lipinski definition) is 5. The van der Waals surface area contributed by atoms with Gasteiger partial charge in [-0.3, -0.25) is 9.00 Å². The van der Waals surface area contributed by atoms with Crippen LogP contribution < -0.4 is 4.74 Å². The maximum absolute atomic E-state index is 12.9. The van der Waals surface area contributed by atoms with Crippen molar-refractivity contribution in [1.29, 1.82) is 0 Å². The van der Waals surface area contributed by atoms with Crippen LogP contribution in [0.3, 0.4) is 0 Å². The lowest BCUT2D eigenvalue weighted by atomic mass is 10.0. The molecule has 1 unspecified atom stereocenters. The molecule has 2 heterocycles.